The molecule has 3 N–H and O–H groups in total. The Morgan fingerprint density at radius 1 is 0.679 bits per heavy atom. The lowest BCUT2D eigenvalue weighted by Gasteiger charge is -2.44. The molecule has 0 aromatic rings. The van der Waals surface area contributed by atoms with Crippen LogP contribution in [0.15, 0.2) is 0 Å². The van der Waals surface area contributed by atoms with Crippen molar-refractivity contribution in [2.75, 3.05) is 26.2 Å². The summed E-state index contributed by atoms with van der Waals surface area (Å²) in [5.74, 6) is -0.0483. The van der Waals surface area contributed by atoms with E-state index in [-0.39, 0.29) is 11.9 Å². The van der Waals surface area contributed by atoms with E-state index >= 15 is 0 Å². The van der Waals surface area contributed by atoms with Crippen LogP contribution in [0.2, 0.25) is 0 Å². The van der Waals surface area contributed by atoms with E-state index in [1.54, 1.807) is 0 Å². The molecule has 2 saturated heterocycles. The Kier molecular flexibility index (Phi) is 8.40. The molecule has 3 rings (SSSR count). The van der Waals surface area contributed by atoms with Gasteiger partial charge in [-0.05, 0) is 44.9 Å². The standard InChI is InChI=1S/C21H39N5O2/c27-19(23-24-20(28)25-16-10-6-11-17-25)21(13-7-2-1-3-8-14-21)26-18-12-5-4-9-15-22-26/h22H,1-18H2,(H,23,27)(H,24,28). The smallest absolute Gasteiger partial charge is 0.323 e. The number of nitrogens with zero attached hydrogens (tertiary/aromatic N) is 2. The molecule has 0 spiro atoms. The fourth-order valence-corrected chi connectivity index (χ4v) is 4.92. The Balaban J connectivity index is 1.67. The maximum atomic E-state index is 13.4. The van der Waals surface area contributed by atoms with E-state index in [9.17, 15) is 9.59 Å². The van der Waals surface area contributed by atoms with Crippen molar-refractivity contribution in [3.05, 3.63) is 0 Å². The number of urea groups is 1. The number of hydrogen-bond donors (Lipinski definition) is 3. The lowest BCUT2D eigenvalue weighted by Crippen LogP contribution is -2.66. The Bertz CT molecular complexity index is 491. The van der Waals surface area contributed by atoms with Gasteiger partial charge in [-0.25, -0.2) is 15.2 Å². The normalized spacial score (nSPS) is 24.9. The number of carbonyl (C=O) groups is 2. The molecule has 0 atom stereocenters. The topological polar surface area (TPSA) is 76.7 Å². The molecule has 0 unspecified atom stereocenters. The lowest BCUT2D eigenvalue weighted by atomic mass is 9.82. The monoisotopic (exact) mass is 393 g/mol. The van der Waals surface area contributed by atoms with Gasteiger partial charge in [0.1, 0.15) is 5.54 Å². The van der Waals surface area contributed by atoms with Crippen LogP contribution in [-0.4, -0.2) is 53.6 Å². The predicted molar refractivity (Wildman–Crippen MR) is 110 cm³/mol. The summed E-state index contributed by atoms with van der Waals surface area (Å²) in [5.41, 5.74) is 8.52. The Morgan fingerprint density at radius 3 is 2.00 bits per heavy atom. The SMILES string of the molecule is O=C(NNC(=O)C1(N2CCCCCCN2)CCCCCCC1)N1CCCCC1. The number of hydrazine groups is 2. The van der Waals surface area contributed by atoms with Gasteiger partial charge in [-0.15, -0.1) is 0 Å². The minimum Gasteiger partial charge on any atom is -0.323 e. The highest BCUT2D eigenvalue weighted by Gasteiger charge is 2.44. The van der Waals surface area contributed by atoms with E-state index in [4.69, 9.17) is 0 Å². The van der Waals surface area contributed by atoms with Gasteiger partial charge in [0.25, 0.3) is 5.91 Å². The molecule has 3 aliphatic rings. The molecule has 2 heterocycles. The van der Waals surface area contributed by atoms with Gasteiger partial charge in [0.05, 0.1) is 0 Å². The second-order valence-corrected chi connectivity index (χ2v) is 8.71. The number of likely N-dealkylation sites (tertiary alicyclic amines) is 1. The summed E-state index contributed by atoms with van der Waals surface area (Å²) < 4.78 is 0. The Hall–Kier alpha value is -1.34. The summed E-state index contributed by atoms with van der Waals surface area (Å²) >= 11 is 0. The van der Waals surface area contributed by atoms with Gasteiger partial charge in [-0.1, -0.05) is 44.9 Å². The number of carbonyl (C=O) groups excluding carboxylic acids is 2. The van der Waals surface area contributed by atoms with Crippen molar-refractivity contribution < 1.29 is 9.59 Å². The fraction of sp³-hybridized carbons (Fsp3) is 0.905. The zero-order valence-electron chi connectivity index (χ0n) is 17.4. The maximum Gasteiger partial charge on any atom is 0.336 e. The third-order valence-corrected chi connectivity index (χ3v) is 6.66. The van der Waals surface area contributed by atoms with Crippen LogP contribution in [0.3, 0.4) is 0 Å². The van der Waals surface area contributed by atoms with Crippen molar-refractivity contribution in [3.8, 4) is 0 Å². The first kappa shape index (κ1) is 21.4. The van der Waals surface area contributed by atoms with Crippen LogP contribution in [0.5, 0.6) is 0 Å². The molecule has 3 fully saturated rings. The van der Waals surface area contributed by atoms with Crippen molar-refractivity contribution in [3.63, 3.8) is 0 Å². The number of nitrogens with one attached hydrogen (secondary N) is 3. The highest BCUT2D eigenvalue weighted by Crippen LogP contribution is 2.32. The number of hydrogen-bond acceptors (Lipinski definition) is 4. The molecule has 0 aromatic heterocycles. The van der Waals surface area contributed by atoms with E-state index in [0.717, 1.165) is 77.5 Å². The third-order valence-electron chi connectivity index (χ3n) is 6.66. The fourth-order valence-electron chi connectivity index (χ4n) is 4.92. The second-order valence-electron chi connectivity index (χ2n) is 8.71. The average molecular weight is 394 g/mol. The van der Waals surface area contributed by atoms with Crippen molar-refractivity contribution >= 4 is 11.9 Å². The molecule has 1 aliphatic carbocycles. The molecule has 0 aromatic carbocycles. The van der Waals surface area contributed by atoms with Gasteiger partial charge in [-0.2, -0.15) is 0 Å². The largest absolute Gasteiger partial charge is 0.336 e. The number of rotatable bonds is 2. The minimum atomic E-state index is -0.563. The van der Waals surface area contributed by atoms with E-state index < -0.39 is 5.54 Å². The number of amides is 3. The molecular formula is C21H39N5O2. The molecule has 28 heavy (non-hydrogen) atoms. The van der Waals surface area contributed by atoms with Gasteiger partial charge >= 0.3 is 6.03 Å². The van der Waals surface area contributed by atoms with Crippen molar-refractivity contribution in [2.24, 2.45) is 0 Å². The Morgan fingerprint density at radius 2 is 1.25 bits per heavy atom. The quantitative estimate of drug-likeness (QED) is 0.630. The molecule has 7 heteroatoms. The van der Waals surface area contributed by atoms with Crippen LogP contribution in [0.25, 0.3) is 0 Å². The molecule has 7 nitrogen and oxygen atoms in total. The molecule has 2 aliphatic heterocycles. The summed E-state index contributed by atoms with van der Waals surface area (Å²) in [4.78, 5) is 27.7. The molecule has 1 saturated carbocycles. The van der Waals surface area contributed by atoms with Crippen molar-refractivity contribution in [1.82, 2.24) is 26.2 Å². The van der Waals surface area contributed by atoms with E-state index in [1.165, 1.54) is 38.5 Å². The first-order valence-electron chi connectivity index (χ1n) is 11.6. The van der Waals surface area contributed by atoms with Crippen LogP contribution < -0.4 is 16.3 Å². The van der Waals surface area contributed by atoms with Crippen LogP contribution in [-0.2, 0) is 4.79 Å². The molecular weight excluding hydrogens is 354 g/mol. The molecule has 0 radical (unpaired) electrons. The van der Waals surface area contributed by atoms with E-state index in [1.807, 2.05) is 4.90 Å². The van der Waals surface area contributed by atoms with Crippen LogP contribution >= 0.6 is 0 Å². The van der Waals surface area contributed by atoms with Gasteiger partial charge in [0.15, 0.2) is 0 Å². The van der Waals surface area contributed by atoms with Gasteiger partial charge in [0.2, 0.25) is 0 Å². The first-order chi connectivity index (χ1) is 13.7. The summed E-state index contributed by atoms with van der Waals surface area (Å²) in [6, 6.07) is -0.172. The third kappa shape index (κ3) is 5.60. The van der Waals surface area contributed by atoms with Crippen molar-refractivity contribution in [2.45, 2.75) is 95.4 Å². The maximum absolute atomic E-state index is 13.4. The summed E-state index contributed by atoms with van der Waals surface area (Å²) in [6.07, 6.45) is 15.5. The highest BCUT2D eigenvalue weighted by atomic mass is 16.2. The lowest BCUT2D eigenvalue weighted by molar-refractivity contribution is -0.139. The summed E-state index contributed by atoms with van der Waals surface area (Å²) in [6.45, 7) is 3.38. The van der Waals surface area contributed by atoms with Crippen LogP contribution in [0, 0.1) is 0 Å². The van der Waals surface area contributed by atoms with Gasteiger partial charge < -0.3 is 4.90 Å². The minimum absolute atomic E-state index is 0.0483. The van der Waals surface area contributed by atoms with Gasteiger partial charge in [-0.3, -0.25) is 15.6 Å². The van der Waals surface area contributed by atoms with E-state index in [2.05, 4.69) is 21.3 Å². The van der Waals surface area contributed by atoms with Gasteiger partial charge in [0, 0.05) is 26.2 Å². The Labute approximate surface area is 169 Å². The highest BCUT2D eigenvalue weighted by molar-refractivity contribution is 5.88. The number of piperidine rings is 1. The van der Waals surface area contributed by atoms with E-state index in [0.29, 0.717) is 0 Å². The summed E-state index contributed by atoms with van der Waals surface area (Å²) in [7, 11) is 0. The first-order valence-corrected chi connectivity index (χ1v) is 11.6. The van der Waals surface area contributed by atoms with Crippen LogP contribution in [0.4, 0.5) is 4.79 Å². The molecule has 3 amide bonds. The zero-order valence-corrected chi connectivity index (χ0v) is 17.4. The summed E-state index contributed by atoms with van der Waals surface area (Å²) in [5, 5.41) is 2.22. The predicted octanol–water partition coefficient (Wildman–Crippen LogP) is 3.08. The average Bonchev–Trinajstić information content (AvgIpc) is 2.67. The van der Waals surface area contributed by atoms with Crippen molar-refractivity contribution in [1.29, 1.82) is 0 Å². The second kappa shape index (κ2) is 11.0. The van der Waals surface area contributed by atoms with Crippen LogP contribution in [0.1, 0.15) is 89.9 Å². The zero-order chi connectivity index (χ0) is 19.7. The molecule has 0 bridgehead atoms. The molecule has 160 valence electrons.